The van der Waals surface area contributed by atoms with E-state index in [0.717, 1.165) is 42.5 Å². The summed E-state index contributed by atoms with van der Waals surface area (Å²) in [5.74, 6) is 3.17. The van der Waals surface area contributed by atoms with Crippen LogP contribution in [0, 0.1) is 0 Å². The maximum Gasteiger partial charge on any atom is 0.161 e. The van der Waals surface area contributed by atoms with Gasteiger partial charge in [-0.2, -0.15) is 0 Å². The Morgan fingerprint density at radius 3 is 1.76 bits per heavy atom. The normalized spacial score (nSPS) is 18.2. The SMILES string of the molecule is COc1cc2c(cc1OC)CN1Cc3cc(OC)c(OC)cc3C1C2. The Morgan fingerprint density at radius 1 is 0.680 bits per heavy atom. The first kappa shape index (κ1) is 16.1. The molecule has 1 atom stereocenters. The smallest absolute Gasteiger partial charge is 0.161 e. The second-order valence-corrected chi connectivity index (χ2v) is 6.51. The quantitative estimate of drug-likeness (QED) is 0.853. The van der Waals surface area contributed by atoms with Crippen LogP contribution in [0.4, 0.5) is 0 Å². The van der Waals surface area contributed by atoms with E-state index in [2.05, 4.69) is 29.2 Å². The van der Waals surface area contributed by atoms with E-state index < -0.39 is 0 Å². The van der Waals surface area contributed by atoms with Crippen molar-refractivity contribution in [2.45, 2.75) is 25.6 Å². The van der Waals surface area contributed by atoms with Crippen molar-refractivity contribution in [1.29, 1.82) is 0 Å². The van der Waals surface area contributed by atoms with Crippen LogP contribution >= 0.6 is 0 Å². The third kappa shape index (κ3) is 2.50. The van der Waals surface area contributed by atoms with E-state index in [1.807, 2.05) is 0 Å². The minimum Gasteiger partial charge on any atom is -0.493 e. The Balaban J connectivity index is 1.73. The second kappa shape index (κ2) is 6.15. The van der Waals surface area contributed by atoms with Gasteiger partial charge in [-0.1, -0.05) is 0 Å². The fourth-order valence-corrected chi connectivity index (χ4v) is 4.04. The highest BCUT2D eigenvalue weighted by Gasteiger charge is 2.36. The molecule has 1 unspecified atom stereocenters. The van der Waals surface area contributed by atoms with E-state index in [1.165, 1.54) is 22.3 Å². The standard InChI is InChI=1S/C20H23NO4/c1-22-17-6-12-5-16-15-9-20(25-4)19(24-3)8-14(15)11-21(16)10-13(12)7-18(17)23-2/h6-9,16H,5,10-11H2,1-4H3. The van der Waals surface area contributed by atoms with Gasteiger partial charge in [0, 0.05) is 19.1 Å². The van der Waals surface area contributed by atoms with E-state index in [9.17, 15) is 0 Å². The number of methoxy groups -OCH3 is 4. The van der Waals surface area contributed by atoms with E-state index >= 15 is 0 Å². The van der Waals surface area contributed by atoms with Gasteiger partial charge in [0.2, 0.25) is 0 Å². The van der Waals surface area contributed by atoms with Gasteiger partial charge < -0.3 is 18.9 Å². The first-order valence-electron chi connectivity index (χ1n) is 8.41. The number of nitrogens with zero attached hydrogens (tertiary/aromatic N) is 1. The topological polar surface area (TPSA) is 40.2 Å². The van der Waals surface area contributed by atoms with Gasteiger partial charge in [-0.25, -0.2) is 0 Å². The average Bonchev–Trinajstić information content (AvgIpc) is 2.99. The van der Waals surface area contributed by atoms with Crippen LogP contribution in [0.5, 0.6) is 23.0 Å². The summed E-state index contributed by atoms with van der Waals surface area (Å²) in [7, 11) is 6.73. The summed E-state index contributed by atoms with van der Waals surface area (Å²) >= 11 is 0. The largest absolute Gasteiger partial charge is 0.493 e. The molecule has 0 fully saturated rings. The zero-order valence-corrected chi connectivity index (χ0v) is 15.1. The van der Waals surface area contributed by atoms with Crippen LogP contribution < -0.4 is 18.9 Å². The summed E-state index contributed by atoms with van der Waals surface area (Å²) in [5.41, 5.74) is 5.27. The Kier molecular flexibility index (Phi) is 3.96. The fourth-order valence-electron chi connectivity index (χ4n) is 4.04. The van der Waals surface area contributed by atoms with Crippen LogP contribution in [0.1, 0.15) is 28.3 Å². The molecule has 0 amide bonds. The molecule has 2 aliphatic rings. The first-order chi connectivity index (χ1) is 12.2. The van der Waals surface area contributed by atoms with Gasteiger partial charge in [-0.3, -0.25) is 4.90 Å². The lowest BCUT2D eigenvalue weighted by molar-refractivity contribution is 0.189. The lowest BCUT2D eigenvalue weighted by atomic mass is 9.91. The Hall–Kier alpha value is -2.40. The van der Waals surface area contributed by atoms with Gasteiger partial charge >= 0.3 is 0 Å². The molecule has 0 spiro atoms. The summed E-state index contributed by atoms with van der Waals surface area (Å²) in [6.07, 6.45) is 0.957. The molecule has 2 aromatic rings. The van der Waals surface area contributed by atoms with E-state index in [1.54, 1.807) is 28.4 Å². The monoisotopic (exact) mass is 341 g/mol. The van der Waals surface area contributed by atoms with Crippen LogP contribution in [0.2, 0.25) is 0 Å². The molecule has 2 heterocycles. The Bertz CT molecular complexity index is 807. The number of hydrogen-bond acceptors (Lipinski definition) is 5. The molecule has 4 rings (SSSR count). The van der Waals surface area contributed by atoms with Crippen LogP contribution in [-0.4, -0.2) is 33.3 Å². The van der Waals surface area contributed by atoms with Crippen molar-refractivity contribution < 1.29 is 18.9 Å². The number of fused-ring (bicyclic) bond motifs is 4. The number of hydrogen-bond donors (Lipinski definition) is 0. The zero-order chi connectivity index (χ0) is 17.6. The zero-order valence-electron chi connectivity index (χ0n) is 15.1. The van der Waals surface area contributed by atoms with E-state index in [4.69, 9.17) is 18.9 Å². The summed E-state index contributed by atoms with van der Waals surface area (Å²) in [6.45, 7) is 1.83. The Labute approximate surface area is 148 Å². The summed E-state index contributed by atoms with van der Waals surface area (Å²) in [5, 5.41) is 0. The number of ether oxygens (including phenoxy) is 4. The van der Waals surface area contributed by atoms with Gasteiger partial charge in [-0.15, -0.1) is 0 Å². The predicted octanol–water partition coefficient (Wildman–Crippen LogP) is 3.33. The van der Waals surface area contributed by atoms with Crippen molar-refractivity contribution >= 4 is 0 Å². The molecule has 0 aliphatic carbocycles. The van der Waals surface area contributed by atoms with Crippen LogP contribution in [0.15, 0.2) is 24.3 Å². The molecule has 0 aromatic heterocycles. The predicted molar refractivity (Wildman–Crippen MR) is 94.8 cm³/mol. The maximum absolute atomic E-state index is 5.50. The molecule has 0 saturated heterocycles. The van der Waals surface area contributed by atoms with Gasteiger partial charge in [0.25, 0.3) is 0 Å². The van der Waals surface area contributed by atoms with Crippen molar-refractivity contribution in [3.8, 4) is 23.0 Å². The molecule has 132 valence electrons. The number of rotatable bonds is 4. The molecule has 0 saturated carbocycles. The molecule has 0 radical (unpaired) electrons. The second-order valence-electron chi connectivity index (χ2n) is 6.51. The lowest BCUT2D eigenvalue weighted by Gasteiger charge is -2.32. The molecule has 0 N–H and O–H groups in total. The van der Waals surface area contributed by atoms with E-state index in [-0.39, 0.29) is 0 Å². The highest BCUT2D eigenvalue weighted by Crippen LogP contribution is 2.46. The maximum atomic E-state index is 5.50. The van der Waals surface area contributed by atoms with E-state index in [0.29, 0.717) is 6.04 Å². The van der Waals surface area contributed by atoms with Crippen LogP contribution in [0.3, 0.4) is 0 Å². The highest BCUT2D eigenvalue weighted by molar-refractivity contribution is 5.53. The Morgan fingerprint density at radius 2 is 1.16 bits per heavy atom. The minimum atomic E-state index is 0.361. The van der Waals surface area contributed by atoms with Crippen LogP contribution in [-0.2, 0) is 19.5 Å². The minimum absolute atomic E-state index is 0.361. The molecule has 2 aliphatic heterocycles. The molecule has 5 heteroatoms. The molecule has 5 nitrogen and oxygen atoms in total. The summed E-state index contributed by atoms with van der Waals surface area (Å²) in [6, 6.07) is 8.82. The fraction of sp³-hybridized carbons (Fsp3) is 0.400. The van der Waals surface area contributed by atoms with Crippen molar-refractivity contribution in [1.82, 2.24) is 4.90 Å². The van der Waals surface area contributed by atoms with Gasteiger partial charge in [-0.05, 0) is 52.9 Å². The van der Waals surface area contributed by atoms with Crippen molar-refractivity contribution in [3.05, 3.63) is 46.5 Å². The molecular formula is C20H23NO4. The molecule has 25 heavy (non-hydrogen) atoms. The third-order valence-electron chi connectivity index (χ3n) is 5.31. The average molecular weight is 341 g/mol. The van der Waals surface area contributed by atoms with Gasteiger partial charge in [0.15, 0.2) is 23.0 Å². The lowest BCUT2D eigenvalue weighted by Crippen LogP contribution is -2.28. The molecule has 2 aromatic carbocycles. The molecule has 0 bridgehead atoms. The molecular weight excluding hydrogens is 318 g/mol. The van der Waals surface area contributed by atoms with Gasteiger partial charge in [0.05, 0.1) is 28.4 Å². The summed E-state index contributed by atoms with van der Waals surface area (Å²) in [4.78, 5) is 2.50. The van der Waals surface area contributed by atoms with Crippen LogP contribution in [0.25, 0.3) is 0 Å². The van der Waals surface area contributed by atoms with Gasteiger partial charge in [0.1, 0.15) is 0 Å². The third-order valence-corrected chi connectivity index (χ3v) is 5.31. The summed E-state index contributed by atoms with van der Waals surface area (Å²) < 4.78 is 21.9. The van der Waals surface area contributed by atoms with Crippen molar-refractivity contribution in [2.24, 2.45) is 0 Å². The van der Waals surface area contributed by atoms with Crippen molar-refractivity contribution in [2.75, 3.05) is 28.4 Å². The highest BCUT2D eigenvalue weighted by atomic mass is 16.5. The first-order valence-corrected chi connectivity index (χ1v) is 8.41. The number of benzene rings is 2. The van der Waals surface area contributed by atoms with Crippen molar-refractivity contribution in [3.63, 3.8) is 0 Å².